The van der Waals surface area contributed by atoms with E-state index in [-0.39, 0.29) is 0 Å². The van der Waals surface area contributed by atoms with Crippen LogP contribution in [0.15, 0.2) is 23.1 Å². The largest absolute Gasteiger partial charge is 0.381 e. The second-order valence-electron chi connectivity index (χ2n) is 5.68. The van der Waals surface area contributed by atoms with E-state index >= 15 is 0 Å². The Bertz CT molecular complexity index is 478. The van der Waals surface area contributed by atoms with E-state index in [0.717, 1.165) is 27.8 Å². The van der Waals surface area contributed by atoms with Crippen LogP contribution in [0, 0.1) is 17.2 Å². The second-order valence-corrected chi connectivity index (χ2v) is 6.98. The molecule has 2 nitrogen and oxygen atoms in total. The molecule has 0 bridgehead atoms. The van der Waals surface area contributed by atoms with Gasteiger partial charge in [0, 0.05) is 10.9 Å². The number of nitrogens with zero attached hydrogens (tertiary/aromatic N) is 1. The molecule has 20 heavy (non-hydrogen) atoms. The lowest BCUT2D eigenvalue weighted by Gasteiger charge is -2.19. The molecule has 3 heteroatoms. The van der Waals surface area contributed by atoms with Gasteiger partial charge in [-0.05, 0) is 43.1 Å². The predicted octanol–water partition coefficient (Wildman–Crippen LogP) is 5.05. The Morgan fingerprint density at radius 3 is 2.90 bits per heavy atom. The van der Waals surface area contributed by atoms with Gasteiger partial charge in [-0.3, -0.25) is 0 Å². The molecular formula is C17H24N2S. The molecule has 1 fully saturated rings. The number of hydrogen-bond acceptors (Lipinski definition) is 3. The SMILES string of the molecule is CCSc1cccc(NC2CCCC(C)CC2)c1C#N. The van der Waals surface area contributed by atoms with Gasteiger partial charge in [0.25, 0.3) is 0 Å². The fraction of sp³-hybridized carbons (Fsp3) is 0.588. The molecule has 0 heterocycles. The van der Waals surface area contributed by atoms with E-state index in [1.807, 2.05) is 12.1 Å². The molecule has 0 aromatic heterocycles. The van der Waals surface area contributed by atoms with Gasteiger partial charge in [0.15, 0.2) is 0 Å². The third-order valence-electron chi connectivity index (χ3n) is 4.05. The van der Waals surface area contributed by atoms with Crippen molar-refractivity contribution in [3.63, 3.8) is 0 Å². The van der Waals surface area contributed by atoms with Crippen molar-refractivity contribution in [2.45, 2.75) is 56.9 Å². The molecule has 1 saturated carbocycles. The number of thioether (sulfide) groups is 1. The zero-order valence-electron chi connectivity index (χ0n) is 12.5. The molecule has 0 saturated heterocycles. The highest BCUT2D eigenvalue weighted by molar-refractivity contribution is 7.99. The summed E-state index contributed by atoms with van der Waals surface area (Å²) in [5.74, 6) is 1.85. The lowest BCUT2D eigenvalue weighted by molar-refractivity contribution is 0.502. The van der Waals surface area contributed by atoms with Crippen LogP contribution in [-0.2, 0) is 0 Å². The molecule has 108 valence electrons. The molecule has 0 amide bonds. The standard InChI is InChI=1S/C17H24N2S/c1-3-20-17-9-5-8-16(15(17)12-18)19-14-7-4-6-13(2)10-11-14/h5,8-9,13-14,19H,3-4,6-7,10-11H2,1-2H3. The maximum atomic E-state index is 9.45. The summed E-state index contributed by atoms with van der Waals surface area (Å²) in [4.78, 5) is 1.10. The summed E-state index contributed by atoms with van der Waals surface area (Å²) in [6.07, 6.45) is 6.37. The van der Waals surface area contributed by atoms with Crippen molar-refractivity contribution in [2.24, 2.45) is 5.92 Å². The Morgan fingerprint density at radius 2 is 2.15 bits per heavy atom. The minimum absolute atomic E-state index is 0.522. The van der Waals surface area contributed by atoms with Gasteiger partial charge >= 0.3 is 0 Å². The van der Waals surface area contributed by atoms with Gasteiger partial charge in [0.1, 0.15) is 6.07 Å². The van der Waals surface area contributed by atoms with Crippen LogP contribution in [0.25, 0.3) is 0 Å². The molecule has 2 atom stereocenters. The van der Waals surface area contributed by atoms with Crippen molar-refractivity contribution in [3.05, 3.63) is 23.8 Å². The van der Waals surface area contributed by atoms with Crippen LogP contribution >= 0.6 is 11.8 Å². The van der Waals surface area contributed by atoms with Gasteiger partial charge in [-0.2, -0.15) is 5.26 Å². The first-order valence-corrected chi connectivity index (χ1v) is 8.65. The van der Waals surface area contributed by atoms with E-state index in [9.17, 15) is 5.26 Å². The first-order chi connectivity index (χ1) is 9.74. The number of hydrogen-bond donors (Lipinski definition) is 1. The third kappa shape index (κ3) is 3.93. The molecule has 0 radical (unpaired) electrons. The summed E-state index contributed by atoms with van der Waals surface area (Å²) in [6.45, 7) is 4.47. The minimum atomic E-state index is 0.522. The van der Waals surface area contributed by atoms with Crippen molar-refractivity contribution in [3.8, 4) is 6.07 Å². The van der Waals surface area contributed by atoms with Crippen LogP contribution in [0.1, 0.15) is 51.5 Å². The van der Waals surface area contributed by atoms with Gasteiger partial charge in [0.2, 0.25) is 0 Å². The summed E-state index contributed by atoms with van der Waals surface area (Å²) in [5.41, 5.74) is 1.84. The first kappa shape index (κ1) is 15.3. The van der Waals surface area contributed by atoms with E-state index < -0.39 is 0 Å². The van der Waals surface area contributed by atoms with Gasteiger partial charge in [-0.25, -0.2) is 0 Å². The summed E-state index contributed by atoms with van der Waals surface area (Å²) in [6, 6.07) is 9.05. The highest BCUT2D eigenvalue weighted by Gasteiger charge is 2.17. The van der Waals surface area contributed by atoms with Crippen molar-refractivity contribution in [2.75, 3.05) is 11.1 Å². The molecule has 1 N–H and O–H groups in total. The molecule has 1 aromatic rings. The molecule has 0 spiro atoms. The zero-order valence-corrected chi connectivity index (χ0v) is 13.3. The molecule has 0 aliphatic heterocycles. The molecule has 2 unspecified atom stereocenters. The van der Waals surface area contributed by atoms with E-state index in [0.29, 0.717) is 6.04 Å². The van der Waals surface area contributed by atoms with Gasteiger partial charge < -0.3 is 5.32 Å². The number of nitriles is 1. The lowest BCUT2D eigenvalue weighted by atomic mass is 10.0. The van der Waals surface area contributed by atoms with Crippen molar-refractivity contribution in [1.82, 2.24) is 0 Å². The molecular weight excluding hydrogens is 264 g/mol. The van der Waals surface area contributed by atoms with E-state index in [1.165, 1.54) is 32.1 Å². The number of anilines is 1. The molecule has 1 aromatic carbocycles. The van der Waals surface area contributed by atoms with E-state index in [2.05, 4.69) is 31.3 Å². The maximum Gasteiger partial charge on any atom is 0.102 e. The number of benzene rings is 1. The summed E-state index contributed by atoms with van der Waals surface area (Å²) >= 11 is 1.74. The van der Waals surface area contributed by atoms with Crippen molar-refractivity contribution >= 4 is 17.4 Å². The second kappa shape index (κ2) is 7.59. The Balaban J connectivity index is 2.12. The smallest absolute Gasteiger partial charge is 0.102 e. The number of rotatable bonds is 4. The van der Waals surface area contributed by atoms with Gasteiger partial charge in [0.05, 0.1) is 11.3 Å². The first-order valence-electron chi connectivity index (χ1n) is 7.67. The minimum Gasteiger partial charge on any atom is -0.381 e. The number of nitrogens with one attached hydrogen (secondary N) is 1. The average molecular weight is 288 g/mol. The Labute approximate surface area is 127 Å². The summed E-state index contributed by atoms with van der Waals surface area (Å²) in [5, 5.41) is 13.1. The quantitative estimate of drug-likeness (QED) is 0.622. The zero-order chi connectivity index (χ0) is 14.4. The third-order valence-corrected chi connectivity index (χ3v) is 4.99. The van der Waals surface area contributed by atoms with Gasteiger partial charge in [-0.15, -0.1) is 11.8 Å². The summed E-state index contributed by atoms with van der Waals surface area (Å²) < 4.78 is 0. The monoisotopic (exact) mass is 288 g/mol. The highest BCUT2D eigenvalue weighted by Crippen LogP contribution is 2.30. The predicted molar refractivity (Wildman–Crippen MR) is 87.2 cm³/mol. The highest BCUT2D eigenvalue weighted by atomic mass is 32.2. The van der Waals surface area contributed by atoms with Crippen molar-refractivity contribution in [1.29, 1.82) is 5.26 Å². The van der Waals surface area contributed by atoms with Crippen LogP contribution in [-0.4, -0.2) is 11.8 Å². The van der Waals surface area contributed by atoms with Crippen LogP contribution in [0.4, 0.5) is 5.69 Å². The van der Waals surface area contributed by atoms with E-state index in [4.69, 9.17) is 0 Å². The lowest BCUT2D eigenvalue weighted by Crippen LogP contribution is -2.19. The van der Waals surface area contributed by atoms with Crippen molar-refractivity contribution < 1.29 is 0 Å². The van der Waals surface area contributed by atoms with Crippen LogP contribution in [0.2, 0.25) is 0 Å². The van der Waals surface area contributed by atoms with Gasteiger partial charge in [-0.1, -0.05) is 32.8 Å². The Kier molecular flexibility index (Phi) is 5.79. The average Bonchev–Trinajstić information content (AvgIpc) is 2.65. The van der Waals surface area contributed by atoms with Crippen LogP contribution < -0.4 is 5.32 Å². The molecule has 2 rings (SSSR count). The topological polar surface area (TPSA) is 35.8 Å². The Hall–Kier alpha value is -1.14. The molecule has 1 aliphatic rings. The normalized spacial score (nSPS) is 22.9. The fourth-order valence-corrected chi connectivity index (χ4v) is 3.68. The molecule has 1 aliphatic carbocycles. The summed E-state index contributed by atoms with van der Waals surface area (Å²) in [7, 11) is 0. The Morgan fingerprint density at radius 1 is 1.30 bits per heavy atom. The van der Waals surface area contributed by atoms with Crippen LogP contribution in [0.5, 0.6) is 0 Å². The van der Waals surface area contributed by atoms with E-state index in [1.54, 1.807) is 11.8 Å². The fourth-order valence-electron chi connectivity index (χ4n) is 2.89. The maximum absolute atomic E-state index is 9.45. The van der Waals surface area contributed by atoms with Crippen LogP contribution in [0.3, 0.4) is 0 Å².